The number of aliphatic hydroxyl groups excluding tert-OH is 1. The molecule has 16 heavy (non-hydrogen) atoms. The molecule has 1 aliphatic carbocycles. The Hall–Kier alpha value is -0.0800. The average Bonchev–Trinajstić information content (AvgIpc) is 2.59. The number of hydrogen-bond acceptors (Lipinski definition) is 2. The molecule has 3 unspecified atom stereocenters. The lowest BCUT2D eigenvalue weighted by molar-refractivity contribution is 0.00903. The van der Waals surface area contributed by atoms with Gasteiger partial charge in [0.05, 0.1) is 6.10 Å². The van der Waals surface area contributed by atoms with Crippen LogP contribution in [0.3, 0.4) is 0 Å². The smallest absolute Gasteiger partial charge is 0.0695 e. The molecule has 2 rings (SSSR count). The second-order valence-corrected chi connectivity index (χ2v) is 6.61. The predicted octanol–water partition coefficient (Wildman–Crippen LogP) is 2.66. The van der Waals surface area contributed by atoms with Gasteiger partial charge in [0.1, 0.15) is 0 Å². The van der Waals surface area contributed by atoms with Gasteiger partial charge < -0.3 is 5.11 Å². The Balaban J connectivity index is 1.97. The van der Waals surface area contributed by atoms with Crippen molar-refractivity contribution in [3.8, 4) is 0 Å². The lowest BCUT2D eigenvalue weighted by atomic mass is 9.81. The van der Waals surface area contributed by atoms with E-state index in [4.69, 9.17) is 0 Å². The van der Waals surface area contributed by atoms with Gasteiger partial charge >= 0.3 is 0 Å². The van der Waals surface area contributed by atoms with E-state index in [1.807, 2.05) is 0 Å². The molecule has 0 aromatic rings. The van der Waals surface area contributed by atoms with Crippen LogP contribution in [0.4, 0.5) is 0 Å². The first-order valence-electron chi connectivity index (χ1n) is 6.94. The summed E-state index contributed by atoms with van der Waals surface area (Å²) in [6, 6.07) is 0.445. The topological polar surface area (TPSA) is 23.5 Å². The highest BCUT2D eigenvalue weighted by molar-refractivity contribution is 4.92. The van der Waals surface area contributed by atoms with Crippen LogP contribution in [0.1, 0.15) is 52.9 Å². The minimum atomic E-state index is -0.0725. The molecular formula is C14H27NO. The molecule has 1 heterocycles. The fourth-order valence-electron chi connectivity index (χ4n) is 3.42. The molecule has 2 nitrogen and oxygen atoms in total. The van der Waals surface area contributed by atoms with Gasteiger partial charge in [-0.2, -0.15) is 0 Å². The first-order valence-corrected chi connectivity index (χ1v) is 6.94. The molecule has 1 saturated heterocycles. The van der Waals surface area contributed by atoms with Crippen molar-refractivity contribution in [3.05, 3.63) is 0 Å². The summed E-state index contributed by atoms with van der Waals surface area (Å²) in [7, 11) is 0. The average molecular weight is 225 g/mol. The molecule has 1 N–H and O–H groups in total. The Morgan fingerprint density at radius 2 is 2.06 bits per heavy atom. The second kappa shape index (κ2) is 4.66. The minimum absolute atomic E-state index is 0.0725. The Morgan fingerprint density at radius 1 is 1.31 bits per heavy atom. The monoisotopic (exact) mass is 225 g/mol. The minimum Gasteiger partial charge on any atom is -0.391 e. The molecule has 2 aliphatic rings. The van der Waals surface area contributed by atoms with E-state index in [2.05, 4.69) is 25.7 Å². The van der Waals surface area contributed by atoms with Crippen LogP contribution in [0.5, 0.6) is 0 Å². The lowest BCUT2D eigenvalue weighted by Crippen LogP contribution is -2.46. The third-order valence-electron chi connectivity index (χ3n) is 4.64. The van der Waals surface area contributed by atoms with Gasteiger partial charge in [0.25, 0.3) is 0 Å². The van der Waals surface area contributed by atoms with Crippen molar-refractivity contribution >= 4 is 0 Å². The normalized spacial score (nSPS) is 40.1. The third-order valence-corrected chi connectivity index (χ3v) is 4.64. The zero-order valence-electron chi connectivity index (χ0n) is 11.1. The van der Waals surface area contributed by atoms with Crippen molar-refractivity contribution in [1.82, 2.24) is 4.90 Å². The van der Waals surface area contributed by atoms with Crippen LogP contribution in [0.25, 0.3) is 0 Å². The van der Waals surface area contributed by atoms with Crippen LogP contribution in [0.2, 0.25) is 0 Å². The van der Waals surface area contributed by atoms with Crippen LogP contribution in [0, 0.1) is 11.3 Å². The van der Waals surface area contributed by atoms with Gasteiger partial charge in [0.15, 0.2) is 0 Å². The Morgan fingerprint density at radius 3 is 2.62 bits per heavy atom. The maximum absolute atomic E-state index is 10.2. The molecule has 0 spiro atoms. The quantitative estimate of drug-likeness (QED) is 0.781. The van der Waals surface area contributed by atoms with Gasteiger partial charge in [-0.25, -0.2) is 0 Å². The molecule has 0 bridgehead atoms. The van der Waals surface area contributed by atoms with E-state index in [-0.39, 0.29) is 6.10 Å². The third kappa shape index (κ3) is 2.60. The van der Waals surface area contributed by atoms with Crippen molar-refractivity contribution in [2.24, 2.45) is 11.3 Å². The van der Waals surface area contributed by atoms with Crippen LogP contribution in [-0.2, 0) is 0 Å². The highest BCUT2D eigenvalue weighted by Gasteiger charge is 2.38. The highest BCUT2D eigenvalue weighted by atomic mass is 16.3. The van der Waals surface area contributed by atoms with Crippen molar-refractivity contribution < 1.29 is 5.11 Å². The number of aliphatic hydroxyl groups is 1. The largest absolute Gasteiger partial charge is 0.391 e. The molecule has 2 fully saturated rings. The molecule has 94 valence electrons. The standard InChI is InChI=1S/C14H27NO/c1-4-11-5-6-13(16)12(9-11)15-8-7-14(2,3)10-15/h11-13,16H,4-10H2,1-3H3. The number of hydrogen-bond donors (Lipinski definition) is 1. The predicted molar refractivity (Wildman–Crippen MR) is 67.4 cm³/mol. The summed E-state index contributed by atoms with van der Waals surface area (Å²) in [5, 5.41) is 10.2. The zero-order valence-corrected chi connectivity index (χ0v) is 11.1. The summed E-state index contributed by atoms with van der Waals surface area (Å²) < 4.78 is 0. The van der Waals surface area contributed by atoms with Crippen molar-refractivity contribution in [3.63, 3.8) is 0 Å². The second-order valence-electron chi connectivity index (χ2n) is 6.61. The molecule has 0 aromatic heterocycles. The van der Waals surface area contributed by atoms with E-state index in [0.717, 1.165) is 12.3 Å². The van der Waals surface area contributed by atoms with Gasteiger partial charge in [-0.3, -0.25) is 4.90 Å². The summed E-state index contributed by atoms with van der Waals surface area (Å²) in [5.74, 6) is 0.845. The molecule has 0 amide bonds. The van der Waals surface area contributed by atoms with Crippen LogP contribution in [-0.4, -0.2) is 35.2 Å². The maximum atomic E-state index is 10.2. The van der Waals surface area contributed by atoms with Crippen LogP contribution < -0.4 is 0 Å². The Labute approximate surface area is 100 Å². The highest BCUT2D eigenvalue weighted by Crippen LogP contribution is 2.36. The number of rotatable bonds is 2. The molecule has 1 aliphatic heterocycles. The van der Waals surface area contributed by atoms with Gasteiger partial charge in [-0.05, 0) is 43.6 Å². The molecule has 2 heteroatoms. The van der Waals surface area contributed by atoms with Crippen LogP contribution >= 0.6 is 0 Å². The Kier molecular flexibility index (Phi) is 3.60. The summed E-state index contributed by atoms with van der Waals surface area (Å²) in [4.78, 5) is 2.55. The zero-order chi connectivity index (χ0) is 11.8. The van der Waals surface area contributed by atoms with Gasteiger partial charge in [0.2, 0.25) is 0 Å². The van der Waals surface area contributed by atoms with Gasteiger partial charge in [-0.15, -0.1) is 0 Å². The van der Waals surface area contributed by atoms with E-state index in [9.17, 15) is 5.11 Å². The molecular weight excluding hydrogens is 198 g/mol. The number of nitrogens with zero attached hydrogens (tertiary/aromatic N) is 1. The summed E-state index contributed by atoms with van der Waals surface area (Å²) in [6.45, 7) is 9.34. The fourth-order valence-corrected chi connectivity index (χ4v) is 3.42. The van der Waals surface area contributed by atoms with Gasteiger partial charge in [-0.1, -0.05) is 27.2 Å². The van der Waals surface area contributed by atoms with E-state index in [1.54, 1.807) is 0 Å². The summed E-state index contributed by atoms with van der Waals surface area (Å²) in [5.41, 5.74) is 0.457. The summed E-state index contributed by atoms with van der Waals surface area (Å²) >= 11 is 0. The van der Waals surface area contributed by atoms with E-state index < -0.39 is 0 Å². The molecule has 0 radical (unpaired) electrons. The number of likely N-dealkylation sites (tertiary alicyclic amines) is 1. The van der Waals surface area contributed by atoms with Gasteiger partial charge in [0, 0.05) is 12.6 Å². The molecule has 1 saturated carbocycles. The van der Waals surface area contributed by atoms with E-state index >= 15 is 0 Å². The van der Waals surface area contributed by atoms with Crippen molar-refractivity contribution in [1.29, 1.82) is 0 Å². The Bertz CT molecular complexity index is 239. The summed E-state index contributed by atoms with van der Waals surface area (Å²) in [6.07, 6.45) is 5.95. The SMILES string of the molecule is CCC1CCC(O)C(N2CCC(C)(C)C2)C1. The fraction of sp³-hybridized carbons (Fsp3) is 1.00. The van der Waals surface area contributed by atoms with Crippen molar-refractivity contribution in [2.75, 3.05) is 13.1 Å². The first kappa shape index (κ1) is 12.4. The van der Waals surface area contributed by atoms with E-state index in [1.165, 1.54) is 38.8 Å². The molecule has 3 atom stereocenters. The van der Waals surface area contributed by atoms with Crippen LogP contribution in [0.15, 0.2) is 0 Å². The lowest BCUT2D eigenvalue weighted by Gasteiger charge is -2.39. The van der Waals surface area contributed by atoms with E-state index in [0.29, 0.717) is 11.5 Å². The first-order chi connectivity index (χ1) is 7.52. The maximum Gasteiger partial charge on any atom is 0.0695 e. The van der Waals surface area contributed by atoms with Crippen molar-refractivity contribution in [2.45, 2.75) is 65.0 Å². The molecule has 0 aromatic carbocycles.